The molecular formula is C14H18N2O6. The molecule has 0 bridgehead atoms. The number of nitro groups is 1. The van der Waals surface area contributed by atoms with Gasteiger partial charge >= 0.3 is 12.1 Å². The van der Waals surface area contributed by atoms with Gasteiger partial charge in [0.15, 0.2) is 5.54 Å². The van der Waals surface area contributed by atoms with E-state index in [9.17, 15) is 24.8 Å². The van der Waals surface area contributed by atoms with Crippen molar-refractivity contribution in [1.82, 2.24) is 5.32 Å². The van der Waals surface area contributed by atoms with Crippen molar-refractivity contribution in [2.24, 2.45) is 0 Å². The summed E-state index contributed by atoms with van der Waals surface area (Å²) in [6, 6.07) is 5.08. The van der Waals surface area contributed by atoms with Gasteiger partial charge in [-0.05, 0) is 33.3 Å². The van der Waals surface area contributed by atoms with Gasteiger partial charge in [0, 0.05) is 12.1 Å². The summed E-state index contributed by atoms with van der Waals surface area (Å²) in [5, 5.41) is 22.5. The molecule has 22 heavy (non-hydrogen) atoms. The van der Waals surface area contributed by atoms with E-state index in [0.717, 1.165) is 6.07 Å². The number of hydrogen-bond acceptors (Lipinski definition) is 5. The number of amides is 1. The molecule has 8 nitrogen and oxygen atoms in total. The zero-order chi connectivity index (χ0) is 17.1. The minimum absolute atomic E-state index is 0.0695. The van der Waals surface area contributed by atoms with E-state index < -0.39 is 28.1 Å². The zero-order valence-corrected chi connectivity index (χ0v) is 12.7. The third-order valence-corrected chi connectivity index (χ3v) is 2.81. The third kappa shape index (κ3) is 4.18. The number of non-ortho nitro benzene ring substituents is 1. The molecule has 1 rings (SSSR count). The molecular weight excluding hydrogens is 292 g/mol. The minimum atomic E-state index is -1.85. The second-order valence-corrected chi connectivity index (χ2v) is 5.86. The van der Waals surface area contributed by atoms with Crippen LogP contribution in [0.1, 0.15) is 33.3 Å². The fourth-order valence-corrected chi connectivity index (χ4v) is 1.69. The van der Waals surface area contributed by atoms with Gasteiger partial charge in [0.1, 0.15) is 5.60 Å². The van der Waals surface area contributed by atoms with Crippen LogP contribution in [0.5, 0.6) is 0 Å². The first-order valence-electron chi connectivity index (χ1n) is 6.45. The molecule has 0 radical (unpaired) electrons. The van der Waals surface area contributed by atoms with Crippen molar-refractivity contribution in [1.29, 1.82) is 0 Å². The summed E-state index contributed by atoms with van der Waals surface area (Å²) in [6.07, 6.45) is -0.927. The number of benzene rings is 1. The van der Waals surface area contributed by atoms with Gasteiger partial charge in [-0.15, -0.1) is 0 Å². The summed E-state index contributed by atoms with van der Waals surface area (Å²) in [6.45, 7) is 6.15. The quantitative estimate of drug-likeness (QED) is 0.651. The third-order valence-electron chi connectivity index (χ3n) is 2.81. The minimum Gasteiger partial charge on any atom is -0.479 e. The Morgan fingerprint density at radius 1 is 1.27 bits per heavy atom. The first-order chi connectivity index (χ1) is 9.95. The lowest BCUT2D eigenvalue weighted by molar-refractivity contribution is -0.385. The second kappa shape index (κ2) is 6.00. The molecule has 0 aliphatic rings. The van der Waals surface area contributed by atoms with E-state index in [1.807, 2.05) is 0 Å². The number of alkyl carbamates (subject to hydrolysis) is 1. The summed E-state index contributed by atoms with van der Waals surface area (Å²) in [7, 11) is 0. The maximum Gasteiger partial charge on any atom is 0.408 e. The van der Waals surface area contributed by atoms with E-state index in [1.54, 1.807) is 20.8 Å². The summed E-state index contributed by atoms with van der Waals surface area (Å²) in [4.78, 5) is 33.6. The van der Waals surface area contributed by atoms with Crippen LogP contribution in [0, 0.1) is 10.1 Å². The molecule has 2 N–H and O–H groups in total. The molecule has 1 aromatic carbocycles. The monoisotopic (exact) mass is 310 g/mol. The molecule has 1 amide bonds. The van der Waals surface area contributed by atoms with Crippen molar-refractivity contribution in [3.63, 3.8) is 0 Å². The number of aliphatic carboxylic acids is 1. The van der Waals surface area contributed by atoms with Gasteiger partial charge in [0.05, 0.1) is 4.92 Å². The van der Waals surface area contributed by atoms with Crippen LogP contribution in [0.3, 0.4) is 0 Å². The second-order valence-electron chi connectivity index (χ2n) is 5.86. The molecule has 8 heteroatoms. The molecule has 0 saturated heterocycles. The lowest BCUT2D eigenvalue weighted by Gasteiger charge is -2.28. The molecule has 120 valence electrons. The lowest BCUT2D eigenvalue weighted by atomic mass is 9.92. The standard InChI is InChI=1S/C14H18N2O6/c1-13(2,3)22-12(19)15-14(4,11(17)18)9-6-5-7-10(8-9)16(20)21/h5-8H,1-4H3,(H,15,19)(H,17,18)/t14-/m1/s1. The predicted octanol–water partition coefficient (Wildman–Crippen LogP) is 2.42. The van der Waals surface area contributed by atoms with Crippen LogP contribution in [-0.4, -0.2) is 27.7 Å². The van der Waals surface area contributed by atoms with E-state index in [0.29, 0.717) is 0 Å². The SMILES string of the molecule is CC(C)(C)OC(=O)N[C@@](C)(C(=O)O)c1cccc([N+](=O)[O-])c1. The number of rotatable bonds is 4. The number of nitro benzene ring substituents is 1. The summed E-state index contributed by atoms with van der Waals surface area (Å²) in [5.74, 6) is -1.36. The van der Waals surface area contributed by atoms with Crippen LogP contribution in [0.15, 0.2) is 24.3 Å². The van der Waals surface area contributed by atoms with Crippen LogP contribution < -0.4 is 5.32 Å². The molecule has 0 aliphatic carbocycles. The molecule has 0 unspecified atom stereocenters. The number of hydrogen-bond donors (Lipinski definition) is 2. The predicted molar refractivity (Wildman–Crippen MR) is 77.5 cm³/mol. The van der Waals surface area contributed by atoms with Crippen LogP contribution in [0.2, 0.25) is 0 Å². The Bertz CT molecular complexity index is 608. The van der Waals surface area contributed by atoms with Gasteiger partial charge in [0.25, 0.3) is 5.69 Å². The molecule has 0 aliphatic heterocycles. The molecule has 0 saturated carbocycles. The topological polar surface area (TPSA) is 119 Å². The fourth-order valence-electron chi connectivity index (χ4n) is 1.69. The first-order valence-corrected chi connectivity index (χ1v) is 6.45. The van der Waals surface area contributed by atoms with Crippen molar-refractivity contribution in [2.45, 2.75) is 38.8 Å². The Labute approximate surface area is 127 Å². The highest BCUT2D eigenvalue weighted by atomic mass is 16.6. The average Bonchev–Trinajstić information content (AvgIpc) is 2.36. The summed E-state index contributed by atoms with van der Waals surface area (Å²) >= 11 is 0. The number of carbonyl (C=O) groups is 2. The number of ether oxygens (including phenoxy) is 1. The highest BCUT2D eigenvalue weighted by molar-refractivity contribution is 5.85. The fraction of sp³-hybridized carbons (Fsp3) is 0.429. The number of nitrogens with zero attached hydrogens (tertiary/aromatic N) is 1. The van der Waals surface area contributed by atoms with Crippen molar-refractivity contribution in [3.8, 4) is 0 Å². The average molecular weight is 310 g/mol. The Kier molecular flexibility index (Phi) is 4.75. The summed E-state index contributed by atoms with van der Waals surface area (Å²) < 4.78 is 5.04. The smallest absolute Gasteiger partial charge is 0.408 e. The van der Waals surface area contributed by atoms with Crippen LogP contribution in [0.4, 0.5) is 10.5 Å². The van der Waals surface area contributed by atoms with Crippen molar-refractivity contribution in [3.05, 3.63) is 39.9 Å². The van der Waals surface area contributed by atoms with Gasteiger partial charge < -0.3 is 15.2 Å². The maximum absolute atomic E-state index is 11.8. The van der Waals surface area contributed by atoms with Crippen LogP contribution in [-0.2, 0) is 15.1 Å². The Balaban J connectivity index is 3.16. The number of carboxylic acids is 1. The van der Waals surface area contributed by atoms with Gasteiger partial charge in [0.2, 0.25) is 0 Å². The van der Waals surface area contributed by atoms with E-state index in [2.05, 4.69) is 5.32 Å². The van der Waals surface area contributed by atoms with Crippen LogP contribution in [0.25, 0.3) is 0 Å². The highest BCUT2D eigenvalue weighted by Gasteiger charge is 2.39. The van der Waals surface area contributed by atoms with Crippen molar-refractivity contribution in [2.75, 3.05) is 0 Å². The molecule has 0 fully saturated rings. The number of carboxylic acid groups (broad SMARTS) is 1. The highest BCUT2D eigenvalue weighted by Crippen LogP contribution is 2.25. The Hall–Kier alpha value is -2.64. The Morgan fingerprint density at radius 3 is 2.32 bits per heavy atom. The van der Waals surface area contributed by atoms with Gasteiger partial charge in [-0.3, -0.25) is 10.1 Å². The summed E-state index contributed by atoms with van der Waals surface area (Å²) in [5.41, 5.74) is -2.85. The van der Waals surface area contributed by atoms with Gasteiger partial charge in [-0.1, -0.05) is 12.1 Å². The van der Waals surface area contributed by atoms with Gasteiger partial charge in [-0.2, -0.15) is 0 Å². The van der Waals surface area contributed by atoms with Crippen molar-refractivity contribution < 1.29 is 24.4 Å². The molecule has 1 aromatic rings. The number of carbonyl (C=O) groups excluding carboxylic acids is 1. The number of nitrogens with one attached hydrogen (secondary N) is 1. The zero-order valence-electron chi connectivity index (χ0n) is 12.7. The molecule has 0 aromatic heterocycles. The van der Waals surface area contributed by atoms with E-state index >= 15 is 0 Å². The first kappa shape index (κ1) is 17.4. The van der Waals surface area contributed by atoms with Crippen molar-refractivity contribution >= 4 is 17.7 Å². The largest absolute Gasteiger partial charge is 0.479 e. The van der Waals surface area contributed by atoms with Gasteiger partial charge in [-0.25, -0.2) is 9.59 Å². The normalized spacial score (nSPS) is 13.8. The van der Waals surface area contributed by atoms with E-state index in [1.165, 1.54) is 25.1 Å². The van der Waals surface area contributed by atoms with E-state index in [4.69, 9.17) is 4.74 Å². The molecule has 1 atom stereocenters. The maximum atomic E-state index is 11.8. The Morgan fingerprint density at radius 2 is 1.86 bits per heavy atom. The van der Waals surface area contributed by atoms with E-state index in [-0.39, 0.29) is 11.3 Å². The molecule has 0 spiro atoms. The van der Waals surface area contributed by atoms with Crippen LogP contribution >= 0.6 is 0 Å². The lowest BCUT2D eigenvalue weighted by Crippen LogP contribution is -2.51. The molecule has 0 heterocycles.